The Morgan fingerprint density at radius 3 is 2.48 bits per heavy atom. The van der Waals surface area contributed by atoms with E-state index >= 15 is 0 Å². The standard InChI is InChI=1S/C22H34N2O5/c1-22(2,3)29-21(26)24-12-7-8-17(15-24)20(25)23(4)13-11-16-9-10-18(27-5)19(14-16)28-6/h9-10,14,17H,7-8,11-13,15H2,1-6H3/t17-/m0/s1. The summed E-state index contributed by atoms with van der Waals surface area (Å²) in [5, 5.41) is 0. The van der Waals surface area contributed by atoms with Crippen LogP contribution in [-0.2, 0) is 16.0 Å². The number of likely N-dealkylation sites (tertiary alicyclic amines) is 1. The maximum absolute atomic E-state index is 12.9. The van der Waals surface area contributed by atoms with Gasteiger partial charge in [0.2, 0.25) is 5.91 Å². The van der Waals surface area contributed by atoms with E-state index in [0.29, 0.717) is 37.6 Å². The molecule has 7 nitrogen and oxygen atoms in total. The Morgan fingerprint density at radius 2 is 1.86 bits per heavy atom. The molecule has 0 aromatic heterocycles. The predicted octanol–water partition coefficient (Wildman–Crippen LogP) is 3.35. The third-order valence-corrected chi connectivity index (χ3v) is 4.98. The highest BCUT2D eigenvalue weighted by atomic mass is 16.6. The van der Waals surface area contributed by atoms with E-state index in [-0.39, 0.29) is 17.9 Å². The lowest BCUT2D eigenvalue weighted by Crippen LogP contribution is -2.47. The first kappa shape index (κ1) is 22.8. The first-order valence-electron chi connectivity index (χ1n) is 10.1. The lowest BCUT2D eigenvalue weighted by atomic mass is 9.96. The topological polar surface area (TPSA) is 68.3 Å². The molecule has 0 spiro atoms. The van der Waals surface area contributed by atoms with Gasteiger partial charge in [0.15, 0.2) is 11.5 Å². The van der Waals surface area contributed by atoms with Gasteiger partial charge in [-0.1, -0.05) is 6.07 Å². The van der Waals surface area contributed by atoms with Crippen LogP contribution in [0.1, 0.15) is 39.2 Å². The van der Waals surface area contributed by atoms with Crippen molar-refractivity contribution in [3.63, 3.8) is 0 Å². The van der Waals surface area contributed by atoms with Crippen molar-refractivity contribution >= 4 is 12.0 Å². The molecule has 1 atom stereocenters. The normalized spacial score (nSPS) is 16.9. The second-order valence-electron chi connectivity index (χ2n) is 8.46. The van der Waals surface area contributed by atoms with E-state index in [1.807, 2.05) is 46.0 Å². The third kappa shape index (κ3) is 6.54. The summed E-state index contributed by atoms with van der Waals surface area (Å²) in [5.74, 6) is 1.25. The summed E-state index contributed by atoms with van der Waals surface area (Å²) in [6.07, 6.45) is 1.96. The van der Waals surface area contributed by atoms with Crippen molar-refractivity contribution in [2.45, 2.75) is 45.6 Å². The average Bonchev–Trinajstić information content (AvgIpc) is 2.69. The Kier molecular flexibility index (Phi) is 7.76. The Balaban J connectivity index is 1.91. The molecule has 0 radical (unpaired) electrons. The summed E-state index contributed by atoms with van der Waals surface area (Å²) in [6, 6.07) is 5.78. The monoisotopic (exact) mass is 406 g/mol. The number of carbonyl (C=O) groups is 2. The lowest BCUT2D eigenvalue weighted by molar-refractivity contribution is -0.135. The van der Waals surface area contributed by atoms with Gasteiger partial charge in [0, 0.05) is 26.7 Å². The second-order valence-corrected chi connectivity index (χ2v) is 8.46. The minimum absolute atomic E-state index is 0.0683. The van der Waals surface area contributed by atoms with E-state index in [4.69, 9.17) is 14.2 Å². The molecule has 0 saturated carbocycles. The number of nitrogens with zero attached hydrogens (tertiary/aromatic N) is 2. The quantitative estimate of drug-likeness (QED) is 0.725. The number of methoxy groups -OCH3 is 2. The Morgan fingerprint density at radius 1 is 1.17 bits per heavy atom. The summed E-state index contributed by atoms with van der Waals surface area (Å²) < 4.78 is 16.1. The molecule has 1 aromatic rings. The molecule has 2 amide bonds. The molecular weight excluding hydrogens is 372 g/mol. The zero-order valence-electron chi connectivity index (χ0n) is 18.5. The maximum Gasteiger partial charge on any atom is 0.410 e. The van der Waals surface area contributed by atoms with Crippen molar-refractivity contribution in [2.24, 2.45) is 5.92 Å². The van der Waals surface area contributed by atoms with Crippen molar-refractivity contribution in [1.82, 2.24) is 9.80 Å². The van der Waals surface area contributed by atoms with Crippen molar-refractivity contribution in [3.05, 3.63) is 23.8 Å². The zero-order valence-corrected chi connectivity index (χ0v) is 18.5. The van der Waals surface area contributed by atoms with Gasteiger partial charge in [0.05, 0.1) is 20.1 Å². The highest BCUT2D eigenvalue weighted by Gasteiger charge is 2.32. The molecule has 1 fully saturated rings. The highest BCUT2D eigenvalue weighted by molar-refractivity contribution is 5.80. The molecule has 0 bridgehead atoms. The van der Waals surface area contributed by atoms with Gasteiger partial charge < -0.3 is 24.0 Å². The van der Waals surface area contributed by atoms with E-state index in [9.17, 15) is 9.59 Å². The first-order chi connectivity index (χ1) is 13.6. The number of ether oxygens (including phenoxy) is 3. The summed E-state index contributed by atoms with van der Waals surface area (Å²) in [5.41, 5.74) is 0.533. The van der Waals surface area contributed by atoms with Gasteiger partial charge in [0.1, 0.15) is 5.60 Å². The molecule has 1 heterocycles. The predicted molar refractivity (Wildman–Crippen MR) is 111 cm³/mol. The van der Waals surface area contributed by atoms with Gasteiger partial charge in [-0.15, -0.1) is 0 Å². The van der Waals surface area contributed by atoms with Crippen LogP contribution in [0.4, 0.5) is 4.79 Å². The maximum atomic E-state index is 12.9. The molecule has 0 N–H and O–H groups in total. The highest BCUT2D eigenvalue weighted by Crippen LogP contribution is 2.28. The van der Waals surface area contributed by atoms with Crippen LogP contribution in [-0.4, -0.2) is 68.3 Å². The fourth-order valence-electron chi connectivity index (χ4n) is 3.43. The third-order valence-electron chi connectivity index (χ3n) is 4.98. The minimum Gasteiger partial charge on any atom is -0.493 e. The molecule has 2 rings (SSSR count). The number of carbonyl (C=O) groups excluding carboxylic acids is 2. The van der Waals surface area contributed by atoms with E-state index in [1.54, 1.807) is 24.0 Å². The summed E-state index contributed by atoms with van der Waals surface area (Å²) in [6.45, 7) is 7.18. The zero-order chi connectivity index (χ0) is 21.6. The Hall–Kier alpha value is -2.44. The Labute approximate surface area is 173 Å². The number of hydrogen-bond acceptors (Lipinski definition) is 5. The van der Waals surface area contributed by atoms with Gasteiger partial charge >= 0.3 is 6.09 Å². The first-order valence-corrected chi connectivity index (χ1v) is 10.1. The fourth-order valence-corrected chi connectivity index (χ4v) is 3.43. The van der Waals surface area contributed by atoms with Crippen LogP contribution in [0.3, 0.4) is 0 Å². The minimum atomic E-state index is -0.537. The molecule has 1 saturated heterocycles. The molecule has 1 aromatic carbocycles. The molecule has 1 aliphatic rings. The number of benzene rings is 1. The largest absolute Gasteiger partial charge is 0.493 e. The molecular formula is C22H34N2O5. The Bertz CT molecular complexity index is 714. The van der Waals surface area contributed by atoms with E-state index < -0.39 is 5.60 Å². The molecule has 0 unspecified atom stereocenters. The van der Waals surface area contributed by atoms with Crippen LogP contribution in [0.25, 0.3) is 0 Å². The smallest absolute Gasteiger partial charge is 0.410 e. The molecule has 0 aliphatic carbocycles. The number of rotatable bonds is 6. The molecule has 7 heteroatoms. The van der Waals surface area contributed by atoms with Crippen molar-refractivity contribution in [2.75, 3.05) is 40.9 Å². The van der Waals surface area contributed by atoms with Crippen LogP contribution in [0.15, 0.2) is 18.2 Å². The van der Waals surface area contributed by atoms with Gasteiger partial charge in [-0.05, 0) is 57.7 Å². The van der Waals surface area contributed by atoms with Gasteiger partial charge in [-0.2, -0.15) is 0 Å². The van der Waals surface area contributed by atoms with Gasteiger partial charge in [-0.3, -0.25) is 4.79 Å². The molecule has 29 heavy (non-hydrogen) atoms. The van der Waals surface area contributed by atoms with Crippen LogP contribution < -0.4 is 9.47 Å². The SMILES string of the molecule is COc1ccc(CCN(C)C(=O)[C@H]2CCCN(C(=O)OC(C)(C)C)C2)cc1OC. The summed E-state index contributed by atoms with van der Waals surface area (Å²) in [4.78, 5) is 28.6. The molecule has 1 aliphatic heterocycles. The number of hydrogen-bond donors (Lipinski definition) is 0. The average molecular weight is 407 g/mol. The van der Waals surface area contributed by atoms with Gasteiger partial charge in [0.25, 0.3) is 0 Å². The molecule has 162 valence electrons. The number of likely N-dealkylation sites (N-methyl/N-ethyl adjacent to an activating group) is 1. The van der Waals surface area contributed by atoms with Crippen LogP contribution in [0, 0.1) is 5.92 Å². The van der Waals surface area contributed by atoms with Crippen LogP contribution >= 0.6 is 0 Å². The van der Waals surface area contributed by atoms with Gasteiger partial charge in [-0.25, -0.2) is 4.79 Å². The van der Waals surface area contributed by atoms with Crippen molar-refractivity contribution in [3.8, 4) is 11.5 Å². The summed E-state index contributed by atoms with van der Waals surface area (Å²) >= 11 is 0. The summed E-state index contributed by atoms with van der Waals surface area (Å²) in [7, 11) is 5.03. The fraction of sp³-hybridized carbons (Fsp3) is 0.636. The number of amides is 2. The van der Waals surface area contributed by atoms with Crippen molar-refractivity contribution in [1.29, 1.82) is 0 Å². The van der Waals surface area contributed by atoms with Crippen LogP contribution in [0.5, 0.6) is 11.5 Å². The number of piperidine rings is 1. The lowest BCUT2D eigenvalue weighted by Gasteiger charge is -2.35. The van der Waals surface area contributed by atoms with E-state index in [1.165, 1.54) is 0 Å². The van der Waals surface area contributed by atoms with Crippen molar-refractivity contribution < 1.29 is 23.8 Å². The second kappa shape index (κ2) is 9.85. The van der Waals surface area contributed by atoms with Crippen LogP contribution in [0.2, 0.25) is 0 Å². The van der Waals surface area contributed by atoms with E-state index in [2.05, 4.69) is 0 Å². The van der Waals surface area contributed by atoms with E-state index in [0.717, 1.165) is 18.4 Å².